The van der Waals surface area contributed by atoms with E-state index in [0.717, 1.165) is 125 Å². The van der Waals surface area contributed by atoms with Crippen LogP contribution in [-0.2, 0) is 26.9 Å². The summed E-state index contributed by atoms with van der Waals surface area (Å²) in [5.41, 5.74) is 32.9. The molecule has 10 N–H and O–H groups in total. The summed E-state index contributed by atoms with van der Waals surface area (Å²) in [5, 5.41) is 11.3. The molecule has 0 amide bonds. The summed E-state index contributed by atoms with van der Waals surface area (Å²) in [6.45, 7) is 7.27. The summed E-state index contributed by atoms with van der Waals surface area (Å²) >= 11 is 0. The summed E-state index contributed by atoms with van der Waals surface area (Å²) in [7, 11) is 4.08. The number of hydrogen-bond acceptors (Lipinski definition) is 10. The number of aryl methyl sites for hydroxylation is 4. The summed E-state index contributed by atoms with van der Waals surface area (Å²) in [4.78, 5) is 28.7. The molecule has 0 bridgehead atoms. The molecule has 16 heteroatoms. The molecule has 3 heterocycles. The highest BCUT2D eigenvalue weighted by Gasteiger charge is 2.29. The van der Waals surface area contributed by atoms with Crippen molar-refractivity contribution in [1.82, 2.24) is 24.4 Å². The van der Waals surface area contributed by atoms with Crippen LogP contribution in [0.5, 0.6) is 11.5 Å². The van der Waals surface area contributed by atoms with Crippen molar-refractivity contribution in [3.05, 3.63) is 143 Å². The lowest BCUT2D eigenvalue weighted by Gasteiger charge is -2.18. The molecule has 0 saturated heterocycles. The Kier molecular flexibility index (Phi) is 15.4. The normalized spacial score (nSPS) is 17.0. The monoisotopic (exact) mass is 943 g/mol. The second-order valence-corrected chi connectivity index (χ2v) is 18.1. The lowest BCUT2D eigenvalue weighted by Crippen LogP contribution is -2.35. The van der Waals surface area contributed by atoms with Gasteiger partial charge in [-0.3, -0.25) is 15.4 Å². The topological polar surface area (TPSA) is 244 Å². The number of aromatic nitrogens is 4. The van der Waals surface area contributed by atoms with Gasteiger partial charge in [-0.25, -0.2) is 20.0 Å². The van der Waals surface area contributed by atoms with Gasteiger partial charge in [-0.1, -0.05) is 31.2 Å². The summed E-state index contributed by atoms with van der Waals surface area (Å²) in [5.74, 6) is 5.79. The van der Waals surface area contributed by atoms with Crippen LogP contribution in [0.3, 0.4) is 0 Å². The molecule has 0 radical (unpaired) electrons. The molecule has 364 valence electrons. The Morgan fingerprint density at radius 3 is 1.96 bits per heavy atom. The van der Waals surface area contributed by atoms with Crippen LogP contribution in [0.2, 0.25) is 0 Å². The molecule has 2 aliphatic rings. The molecule has 0 fully saturated rings. The molecule has 2 aromatic heterocycles. The zero-order chi connectivity index (χ0) is 49.3. The first-order valence-electron chi connectivity index (χ1n) is 24.3. The van der Waals surface area contributed by atoms with Crippen LogP contribution in [0.15, 0.2) is 129 Å². The zero-order valence-electron chi connectivity index (χ0n) is 40.9. The highest BCUT2D eigenvalue weighted by Crippen LogP contribution is 2.25. The maximum Gasteiger partial charge on any atom is 0.141 e. The quantitative estimate of drug-likeness (QED) is 0.0230. The fourth-order valence-electron chi connectivity index (χ4n) is 8.63. The van der Waals surface area contributed by atoms with Crippen molar-refractivity contribution in [3.8, 4) is 11.5 Å². The van der Waals surface area contributed by atoms with Gasteiger partial charge in [0.05, 0.1) is 47.4 Å². The third-order valence-electron chi connectivity index (χ3n) is 12.9. The fourth-order valence-corrected chi connectivity index (χ4v) is 8.63. The Balaban J connectivity index is 0.781. The molecule has 0 spiro atoms. The Bertz CT molecular complexity index is 3030. The first kappa shape index (κ1) is 48.7. The number of imidazole rings is 2. The van der Waals surface area contributed by atoms with E-state index in [-0.39, 0.29) is 24.0 Å². The van der Waals surface area contributed by atoms with Crippen LogP contribution in [0.4, 0.5) is 0 Å². The maximum absolute atomic E-state index is 7.75. The van der Waals surface area contributed by atoms with Crippen molar-refractivity contribution in [2.24, 2.45) is 57.0 Å². The maximum atomic E-state index is 7.75. The van der Waals surface area contributed by atoms with Crippen molar-refractivity contribution < 1.29 is 9.47 Å². The number of nitrogens with two attached hydrogens (primary N) is 4. The number of nitrogens with one attached hydrogen (secondary N) is 2. The van der Waals surface area contributed by atoms with Crippen molar-refractivity contribution in [1.29, 1.82) is 5.41 Å². The number of hydrogen-bond donors (Lipinski definition) is 6. The molecule has 1 aliphatic heterocycles. The average molecular weight is 943 g/mol. The van der Waals surface area contributed by atoms with E-state index in [1.54, 1.807) is 0 Å². The van der Waals surface area contributed by atoms with E-state index in [1.165, 1.54) is 0 Å². The summed E-state index contributed by atoms with van der Waals surface area (Å²) in [6.07, 6.45) is 12.9. The van der Waals surface area contributed by atoms with Gasteiger partial charge in [0.15, 0.2) is 0 Å². The van der Waals surface area contributed by atoms with Crippen LogP contribution in [0.1, 0.15) is 93.2 Å². The van der Waals surface area contributed by atoms with Crippen LogP contribution >= 0.6 is 0 Å². The van der Waals surface area contributed by atoms with Crippen LogP contribution in [0.25, 0.3) is 22.1 Å². The molecule has 0 saturated carbocycles. The van der Waals surface area contributed by atoms with Crippen molar-refractivity contribution in [2.75, 3.05) is 13.2 Å². The lowest BCUT2D eigenvalue weighted by molar-refractivity contribution is 0.279. The fraction of sp³-hybridized carbons (Fsp3) is 0.352. The van der Waals surface area contributed by atoms with Gasteiger partial charge in [-0.05, 0) is 131 Å². The third kappa shape index (κ3) is 11.7. The first-order chi connectivity index (χ1) is 33.8. The smallest absolute Gasteiger partial charge is 0.141 e. The predicted octanol–water partition coefficient (Wildman–Crippen LogP) is 7.13. The van der Waals surface area contributed by atoms with Crippen LogP contribution in [0, 0.1) is 5.41 Å². The lowest BCUT2D eigenvalue weighted by atomic mass is 9.99. The Morgan fingerprint density at radius 1 is 0.700 bits per heavy atom. The second-order valence-electron chi connectivity index (χ2n) is 18.1. The van der Waals surface area contributed by atoms with Crippen molar-refractivity contribution in [2.45, 2.75) is 96.4 Å². The molecule has 6 aromatic rings. The second kappa shape index (κ2) is 22.1. The van der Waals surface area contributed by atoms with Gasteiger partial charge >= 0.3 is 0 Å². The standard InChI is InChI=1S/C54H66N14O2/c1-6-33(2)60-51(57)35-17-22-40(23-18-35)69-27-10-7-11-28-70-41-14-12-13-39(29-41)54-65-42-24-19-37(31-43(42)66-54)52(58)61-34(3)62-53(59)38-21-26-47-45(32-38)64-49(68(47)5)16-9-8-15-48-63-44-30-36(50(55)56)20-25-46(44)67(48)4/h12-14,17-26,29-34,42-43H,6-11,15-16,27-28H2,1-5H3,(H3,55,56)(H2,57,60)(H2,58,61)(H2,59,62)(H,65,66). The highest BCUT2D eigenvalue weighted by atomic mass is 16.5. The van der Waals surface area contributed by atoms with E-state index < -0.39 is 6.17 Å². The van der Waals surface area contributed by atoms with Crippen molar-refractivity contribution >= 4 is 51.2 Å². The third-order valence-corrected chi connectivity index (χ3v) is 12.9. The Hall–Kier alpha value is -7.75. The van der Waals surface area contributed by atoms with Gasteiger partial charge in [0.1, 0.15) is 58.5 Å². The summed E-state index contributed by atoms with van der Waals surface area (Å²) < 4.78 is 16.3. The van der Waals surface area contributed by atoms with Gasteiger partial charge < -0.3 is 46.9 Å². The van der Waals surface area contributed by atoms with E-state index in [9.17, 15) is 0 Å². The number of unbranched alkanes of at least 4 members (excludes halogenated alkanes) is 3. The molecule has 8 rings (SSSR count). The number of aliphatic imine (C=N–C) groups is 4. The van der Waals surface area contributed by atoms with Gasteiger partial charge in [0, 0.05) is 60.8 Å². The average Bonchev–Trinajstić information content (AvgIpc) is 4.04. The number of nitrogen functional groups attached to an aromatic ring is 1. The molecule has 4 aromatic carbocycles. The van der Waals surface area contributed by atoms with Gasteiger partial charge in [-0.2, -0.15) is 0 Å². The van der Waals surface area contributed by atoms with E-state index >= 15 is 0 Å². The number of fused-ring (bicyclic) bond motifs is 3. The minimum Gasteiger partial charge on any atom is -0.494 e. The van der Waals surface area contributed by atoms with Crippen LogP contribution < -0.4 is 37.7 Å². The predicted molar refractivity (Wildman–Crippen MR) is 284 cm³/mol. The largest absolute Gasteiger partial charge is 0.494 e. The molecule has 4 unspecified atom stereocenters. The first-order valence-corrected chi connectivity index (χ1v) is 24.3. The number of benzene rings is 4. The molecule has 1 aliphatic carbocycles. The number of amidine groups is 5. The Morgan fingerprint density at radius 2 is 1.30 bits per heavy atom. The minimum absolute atomic E-state index is 0.0433. The van der Waals surface area contributed by atoms with E-state index in [1.807, 2.05) is 112 Å². The molecular formula is C54H66N14O2. The minimum atomic E-state index is -0.516. The molecule has 70 heavy (non-hydrogen) atoms. The van der Waals surface area contributed by atoms with Crippen LogP contribution in [-0.4, -0.2) is 85.8 Å². The van der Waals surface area contributed by atoms with E-state index in [0.29, 0.717) is 36.3 Å². The van der Waals surface area contributed by atoms with Gasteiger partial charge in [0.2, 0.25) is 0 Å². The van der Waals surface area contributed by atoms with E-state index in [4.69, 9.17) is 62.8 Å². The van der Waals surface area contributed by atoms with Gasteiger partial charge in [0.25, 0.3) is 0 Å². The van der Waals surface area contributed by atoms with Crippen molar-refractivity contribution in [3.63, 3.8) is 0 Å². The zero-order valence-corrected chi connectivity index (χ0v) is 40.9. The highest BCUT2D eigenvalue weighted by molar-refractivity contribution is 6.04. The number of rotatable bonds is 22. The SMILES string of the molecule is CCC(C)N=C(N)c1ccc(OCCCCCOc2cccc(C3=NC4C=CC(C(N)=NC(C)N=C(N)c5ccc6c(c5)nc(CCCCc5nc7cc(C(=N)N)ccc7n5C)n6C)=CC4N3)c2)cc1. The van der Waals surface area contributed by atoms with Gasteiger partial charge in [-0.15, -0.1) is 0 Å². The van der Waals surface area contributed by atoms with E-state index in [2.05, 4.69) is 45.4 Å². The molecule has 4 atom stereocenters. The molecular weight excluding hydrogens is 877 g/mol. The Labute approximate surface area is 409 Å². The summed E-state index contributed by atoms with van der Waals surface area (Å²) in [6, 6.07) is 27.6. The number of ether oxygens (including phenoxy) is 2. The number of nitrogens with zero attached hydrogens (tertiary/aromatic N) is 8. The molecule has 16 nitrogen and oxygen atoms in total.